The van der Waals surface area contributed by atoms with Crippen LogP contribution in [0.15, 0.2) is 12.1 Å². The van der Waals surface area contributed by atoms with Crippen LogP contribution >= 0.6 is 0 Å². The van der Waals surface area contributed by atoms with Gasteiger partial charge >= 0.3 is 12.2 Å². The van der Waals surface area contributed by atoms with Crippen molar-refractivity contribution in [2.45, 2.75) is 25.1 Å². The molecule has 8 heteroatoms. The predicted octanol–water partition coefficient (Wildman–Crippen LogP) is 2.54. The van der Waals surface area contributed by atoms with E-state index in [-0.39, 0.29) is 17.7 Å². The van der Waals surface area contributed by atoms with Crippen molar-refractivity contribution in [1.29, 1.82) is 0 Å². The highest BCUT2D eigenvalue weighted by atomic mass is 19.3. The first-order valence-corrected chi connectivity index (χ1v) is 5.86. The molecule has 0 bridgehead atoms. The molecule has 0 saturated carbocycles. The minimum Gasteiger partial charge on any atom is -0.496 e. The van der Waals surface area contributed by atoms with Gasteiger partial charge in [-0.25, -0.2) is 0 Å². The summed E-state index contributed by atoms with van der Waals surface area (Å²) in [5.74, 6) is -0.635. The third-order valence-electron chi connectivity index (χ3n) is 2.84. The molecule has 0 aliphatic carbocycles. The fourth-order valence-corrected chi connectivity index (χ4v) is 1.87. The molecule has 0 unspecified atom stereocenters. The van der Waals surface area contributed by atoms with Crippen molar-refractivity contribution in [3.63, 3.8) is 0 Å². The van der Waals surface area contributed by atoms with Crippen molar-refractivity contribution in [2.75, 3.05) is 13.7 Å². The number of nitrogens with two attached hydrogens (primary N) is 1. The smallest absolute Gasteiger partial charge is 0.496 e. The SMILES string of the molecule is COc1ccc2c(c1CCCN)OC(F)(F)C(F)(F)O2. The molecule has 2 rings (SSSR count). The molecular formula is C12H13F4NO3. The fourth-order valence-electron chi connectivity index (χ4n) is 1.87. The highest BCUT2D eigenvalue weighted by molar-refractivity contribution is 5.55. The van der Waals surface area contributed by atoms with E-state index in [1.165, 1.54) is 13.2 Å². The number of methoxy groups -OCH3 is 1. The lowest BCUT2D eigenvalue weighted by molar-refractivity contribution is -0.391. The highest BCUT2D eigenvalue weighted by Crippen LogP contribution is 2.50. The number of ether oxygens (including phenoxy) is 3. The van der Waals surface area contributed by atoms with E-state index in [1.807, 2.05) is 0 Å². The van der Waals surface area contributed by atoms with Crippen molar-refractivity contribution in [2.24, 2.45) is 5.73 Å². The second-order valence-electron chi connectivity index (χ2n) is 4.20. The Labute approximate surface area is 112 Å². The van der Waals surface area contributed by atoms with Gasteiger partial charge in [-0.3, -0.25) is 0 Å². The molecule has 1 aromatic rings. The van der Waals surface area contributed by atoms with E-state index < -0.39 is 23.7 Å². The van der Waals surface area contributed by atoms with E-state index in [9.17, 15) is 17.6 Å². The minimum absolute atomic E-state index is 0.227. The molecule has 0 spiro atoms. The lowest BCUT2D eigenvalue weighted by Crippen LogP contribution is -2.52. The Bertz CT molecular complexity index is 508. The molecule has 0 fully saturated rings. The maximum absolute atomic E-state index is 13.2. The number of benzene rings is 1. The monoisotopic (exact) mass is 295 g/mol. The first-order chi connectivity index (χ1) is 9.32. The van der Waals surface area contributed by atoms with Gasteiger partial charge in [0, 0.05) is 5.56 Å². The third kappa shape index (κ3) is 2.35. The first kappa shape index (κ1) is 14.7. The molecule has 0 aromatic heterocycles. The zero-order valence-corrected chi connectivity index (χ0v) is 10.6. The first-order valence-electron chi connectivity index (χ1n) is 5.86. The average Bonchev–Trinajstić information content (AvgIpc) is 2.37. The number of hydrogen-bond donors (Lipinski definition) is 1. The molecule has 20 heavy (non-hydrogen) atoms. The number of rotatable bonds is 4. The Hall–Kier alpha value is -1.70. The summed E-state index contributed by atoms with van der Waals surface area (Å²) >= 11 is 0. The second-order valence-corrected chi connectivity index (χ2v) is 4.20. The number of halogens is 4. The Kier molecular flexibility index (Phi) is 3.68. The quantitative estimate of drug-likeness (QED) is 0.867. The van der Waals surface area contributed by atoms with E-state index >= 15 is 0 Å². The predicted molar refractivity (Wildman–Crippen MR) is 61.5 cm³/mol. The number of hydrogen-bond acceptors (Lipinski definition) is 4. The summed E-state index contributed by atoms with van der Waals surface area (Å²) in [6.45, 7) is 0.306. The largest absolute Gasteiger partial charge is 0.507 e. The number of fused-ring (bicyclic) bond motifs is 1. The molecule has 0 atom stereocenters. The van der Waals surface area contributed by atoms with Crippen LogP contribution in [0.5, 0.6) is 17.2 Å². The van der Waals surface area contributed by atoms with Crippen LogP contribution < -0.4 is 19.9 Å². The van der Waals surface area contributed by atoms with E-state index in [1.54, 1.807) is 0 Å². The van der Waals surface area contributed by atoms with Gasteiger partial charge in [0.25, 0.3) is 0 Å². The molecule has 0 amide bonds. The van der Waals surface area contributed by atoms with Crippen LogP contribution in [0.25, 0.3) is 0 Å². The van der Waals surface area contributed by atoms with Crippen LogP contribution in [0.4, 0.5) is 17.6 Å². The maximum atomic E-state index is 13.2. The molecule has 1 heterocycles. The topological polar surface area (TPSA) is 53.7 Å². The molecule has 112 valence electrons. The van der Waals surface area contributed by atoms with Crippen LogP contribution in [0.2, 0.25) is 0 Å². The lowest BCUT2D eigenvalue weighted by atomic mass is 10.1. The summed E-state index contributed by atoms with van der Waals surface area (Å²) in [5, 5.41) is 0. The molecule has 0 radical (unpaired) electrons. The van der Waals surface area contributed by atoms with Crippen molar-refractivity contribution in [3.8, 4) is 17.2 Å². The van der Waals surface area contributed by atoms with Gasteiger partial charge in [-0.2, -0.15) is 17.6 Å². The molecular weight excluding hydrogens is 282 g/mol. The van der Waals surface area contributed by atoms with E-state index in [0.29, 0.717) is 13.0 Å². The van der Waals surface area contributed by atoms with Gasteiger partial charge in [0.2, 0.25) is 0 Å². The fraction of sp³-hybridized carbons (Fsp3) is 0.500. The standard InChI is InChI=1S/C12H13F4NO3/c1-18-8-4-5-9-10(7(8)3-2-6-17)20-12(15,16)11(13,14)19-9/h4-5H,2-3,6,17H2,1H3. The minimum atomic E-state index is -4.75. The summed E-state index contributed by atoms with van der Waals surface area (Å²) in [6, 6.07) is 2.46. The molecule has 4 nitrogen and oxygen atoms in total. The molecule has 1 aromatic carbocycles. The summed E-state index contributed by atoms with van der Waals surface area (Å²) in [6.07, 6.45) is -8.77. The number of alkyl halides is 4. The normalized spacial score (nSPS) is 18.7. The summed E-state index contributed by atoms with van der Waals surface area (Å²) < 4.78 is 65.9. The van der Waals surface area contributed by atoms with E-state index in [4.69, 9.17) is 10.5 Å². The Morgan fingerprint density at radius 1 is 1.15 bits per heavy atom. The van der Waals surface area contributed by atoms with Crippen LogP contribution in [-0.2, 0) is 6.42 Å². The van der Waals surface area contributed by atoms with Gasteiger partial charge in [0.1, 0.15) is 5.75 Å². The lowest BCUT2D eigenvalue weighted by Gasteiger charge is -2.33. The van der Waals surface area contributed by atoms with Gasteiger partial charge in [-0.1, -0.05) is 0 Å². The third-order valence-corrected chi connectivity index (χ3v) is 2.84. The molecule has 1 aliphatic heterocycles. The molecule has 2 N–H and O–H groups in total. The average molecular weight is 295 g/mol. The van der Waals surface area contributed by atoms with Crippen LogP contribution in [0.1, 0.15) is 12.0 Å². The van der Waals surface area contributed by atoms with Crippen molar-refractivity contribution < 1.29 is 31.8 Å². The zero-order valence-electron chi connectivity index (χ0n) is 10.6. The van der Waals surface area contributed by atoms with Crippen molar-refractivity contribution >= 4 is 0 Å². The van der Waals surface area contributed by atoms with Gasteiger partial charge in [-0.15, -0.1) is 0 Å². The second kappa shape index (κ2) is 5.01. The Morgan fingerprint density at radius 2 is 1.80 bits per heavy atom. The van der Waals surface area contributed by atoms with Crippen LogP contribution in [0, 0.1) is 0 Å². The summed E-state index contributed by atoms with van der Waals surface area (Å²) in [7, 11) is 1.34. The van der Waals surface area contributed by atoms with Gasteiger partial charge in [0.15, 0.2) is 11.5 Å². The molecule has 0 saturated heterocycles. The summed E-state index contributed by atoms with van der Waals surface area (Å²) in [5.41, 5.74) is 5.59. The maximum Gasteiger partial charge on any atom is 0.507 e. The summed E-state index contributed by atoms with van der Waals surface area (Å²) in [4.78, 5) is 0. The van der Waals surface area contributed by atoms with Gasteiger partial charge in [-0.05, 0) is 31.5 Å². The molecule has 1 aliphatic rings. The van der Waals surface area contributed by atoms with E-state index in [0.717, 1.165) is 6.07 Å². The van der Waals surface area contributed by atoms with Crippen molar-refractivity contribution in [1.82, 2.24) is 0 Å². The van der Waals surface area contributed by atoms with Gasteiger partial charge < -0.3 is 19.9 Å². The Morgan fingerprint density at radius 3 is 2.40 bits per heavy atom. The zero-order chi connectivity index (χ0) is 15.0. The van der Waals surface area contributed by atoms with Gasteiger partial charge in [0.05, 0.1) is 7.11 Å². The van der Waals surface area contributed by atoms with Crippen LogP contribution in [-0.4, -0.2) is 25.9 Å². The van der Waals surface area contributed by atoms with Crippen LogP contribution in [0.3, 0.4) is 0 Å². The van der Waals surface area contributed by atoms with E-state index in [2.05, 4.69) is 9.47 Å². The highest BCUT2D eigenvalue weighted by Gasteiger charge is 2.66. The Balaban J connectivity index is 2.49. The van der Waals surface area contributed by atoms with Crippen molar-refractivity contribution in [3.05, 3.63) is 17.7 Å².